The van der Waals surface area contributed by atoms with Crippen LogP contribution in [0.5, 0.6) is 34.5 Å². The van der Waals surface area contributed by atoms with E-state index in [1.807, 2.05) is 136 Å². The maximum atomic E-state index is 11.9. The van der Waals surface area contributed by atoms with Crippen LogP contribution in [-0.2, 0) is 0 Å². The third-order valence-corrected chi connectivity index (χ3v) is 13.0. The monoisotopic (exact) mass is 930 g/mol. The molecule has 0 radical (unpaired) electrons. The van der Waals surface area contributed by atoms with Gasteiger partial charge in [-0.05, 0) is 99.7 Å². The molecule has 4 N–H and O–H groups in total. The first-order chi connectivity index (χ1) is 33.7. The Bertz CT molecular complexity index is 2740. The molecule has 0 atom stereocenters. The van der Waals surface area contributed by atoms with Gasteiger partial charge in [0.1, 0.15) is 34.5 Å². The molecule has 1 aliphatic heterocycles. The van der Waals surface area contributed by atoms with Gasteiger partial charge < -0.3 is 29.5 Å². The number of phenolic OH excluding ortho intramolecular Hbond substituents is 3. The number of nitrogens with zero attached hydrogens (tertiary/aromatic N) is 2. The maximum absolute atomic E-state index is 11.9. The zero-order valence-corrected chi connectivity index (χ0v) is 41.5. The molecule has 9 heteroatoms. The van der Waals surface area contributed by atoms with Crippen molar-refractivity contribution in [2.45, 2.75) is 119 Å². The van der Waals surface area contributed by atoms with Crippen LogP contribution in [-0.4, -0.2) is 40.9 Å². The minimum absolute atomic E-state index is 0.139. The van der Waals surface area contributed by atoms with Crippen molar-refractivity contribution in [2.75, 3.05) is 24.9 Å². The molecular weight excluding hydrogens is 859 g/mol. The number of anilines is 1. The topological polar surface area (TPSA) is 116 Å². The second kappa shape index (κ2) is 24.4. The Labute approximate surface area is 410 Å². The second-order valence-corrected chi connectivity index (χ2v) is 18.1. The summed E-state index contributed by atoms with van der Waals surface area (Å²) in [6.45, 7) is 14.0. The first kappa shape index (κ1) is 50.0. The Morgan fingerprint density at radius 3 is 1.25 bits per heavy atom. The second-order valence-electron chi connectivity index (χ2n) is 18.1. The Kier molecular flexibility index (Phi) is 17.7. The number of para-hydroxylation sites is 1. The highest BCUT2D eigenvalue weighted by Crippen LogP contribution is 2.45. The Morgan fingerprint density at radius 2 is 0.797 bits per heavy atom. The molecule has 0 saturated carbocycles. The molecule has 0 fully saturated rings. The molecule has 0 amide bonds. The van der Waals surface area contributed by atoms with E-state index in [9.17, 15) is 15.3 Å². The lowest BCUT2D eigenvalue weighted by Crippen LogP contribution is -2.37. The van der Waals surface area contributed by atoms with E-state index < -0.39 is 0 Å². The van der Waals surface area contributed by atoms with Crippen molar-refractivity contribution in [1.29, 1.82) is 0 Å². The number of hydrazine groups is 1. The summed E-state index contributed by atoms with van der Waals surface area (Å²) in [5.41, 5.74) is 13.6. The number of ether oxygens (including phenoxy) is 3. The average molecular weight is 930 g/mol. The van der Waals surface area contributed by atoms with Crippen molar-refractivity contribution >= 4 is 17.1 Å². The summed E-state index contributed by atoms with van der Waals surface area (Å²) in [6.07, 6.45) is 15.2. The highest BCUT2D eigenvalue weighted by Gasteiger charge is 2.26. The van der Waals surface area contributed by atoms with Gasteiger partial charge in [0.25, 0.3) is 0 Å². The quantitative estimate of drug-likeness (QED) is 0.0444. The van der Waals surface area contributed by atoms with Crippen LogP contribution >= 0.6 is 0 Å². The van der Waals surface area contributed by atoms with Crippen molar-refractivity contribution in [2.24, 2.45) is 5.10 Å². The minimum Gasteiger partial charge on any atom is -0.507 e. The van der Waals surface area contributed by atoms with E-state index in [1.54, 1.807) is 5.12 Å². The molecule has 9 nitrogen and oxygen atoms in total. The van der Waals surface area contributed by atoms with Crippen LogP contribution < -0.4 is 24.8 Å². The highest BCUT2D eigenvalue weighted by molar-refractivity contribution is 6.17. The number of hydrazone groups is 1. The third-order valence-electron chi connectivity index (χ3n) is 13.0. The fourth-order valence-electron chi connectivity index (χ4n) is 8.91. The van der Waals surface area contributed by atoms with Crippen LogP contribution in [0.4, 0.5) is 5.69 Å². The molecule has 0 unspecified atom stereocenters. The van der Waals surface area contributed by atoms with E-state index in [0.29, 0.717) is 87.5 Å². The van der Waals surface area contributed by atoms with Crippen LogP contribution in [0.2, 0.25) is 0 Å². The van der Waals surface area contributed by atoms with Crippen molar-refractivity contribution in [3.63, 3.8) is 0 Å². The molecule has 0 aliphatic carbocycles. The lowest BCUT2D eigenvalue weighted by molar-refractivity contribution is 0.301. The number of nitrogens with one attached hydrogen (secondary N) is 1. The smallest absolute Gasteiger partial charge is 0.130 e. The summed E-state index contributed by atoms with van der Waals surface area (Å²) < 4.78 is 18.5. The van der Waals surface area contributed by atoms with Crippen molar-refractivity contribution in [3.05, 3.63) is 143 Å². The number of phenols is 3. The van der Waals surface area contributed by atoms with Crippen LogP contribution in [0, 0.1) is 20.8 Å². The summed E-state index contributed by atoms with van der Waals surface area (Å²) in [5.74, 6) is 2.45. The van der Waals surface area contributed by atoms with Crippen molar-refractivity contribution in [3.8, 4) is 67.9 Å². The van der Waals surface area contributed by atoms with E-state index in [2.05, 4.69) is 26.2 Å². The summed E-state index contributed by atoms with van der Waals surface area (Å²) in [4.78, 5) is 0. The lowest BCUT2D eigenvalue weighted by atomic mass is 9.92. The fraction of sp³-hybridized carbons (Fsp3) is 0.350. The van der Waals surface area contributed by atoms with E-state index in [0.717, 1.165) is 85.6 Å². The Balaban J connectivity index is 1.32. The molecule has 1 heterocycles. The number of aromatic hydroxyl groups is 3. The van der Waals surface area contributed by atoms with Gasteiger partial charge in [-0.15, -0.1) is 0 Å². The van der Waals surface area contributed by atoms with Crippen LogP contribution in [0.15, 0.2) is 120 Å². The summed E-state index contributed by atoms with van der Waals surface area (Å²) in [6, 6.07) is 35.4. The number of hydrogen-bond acceptors (Lipinski definition) is 9. The van der Waals surface area contributed by atoms with Gasteiger partial charge in [-0.3, -0.25) is 5.43 Å². The van der Waals surface area contributed by atoms with Gasteiger partial charge >= 0.3 is 0 Å². The maximum Gasteiger partial charge on any atom is 0.130 e. The molecule has 0 saturated heterocycles. The van der Waals surface area contributed by atoms with E-state index in [4.69, 9.17) is 19.3 Å². The Morgan fingerprint density at radius 1 is 0.420 bits per heavy atom. The summed E-state index contributed by atoms with van der Waals surface area (Å²) >= 11 is 0. The summed E-state index contributed by atoms with van der Waals surface area (Å²) in [5, 5.41) is 42.6. The SMILES string of the molecule is CCCCCCOc1ccc(-c2ccccc2C2=CC(c3ccccc3-c3ccc(OCCCCCC)c(C)c3O)=NN(c3ccccc3-c3ccc(OCCCCCC)c(C)c3O)N2)c(O)c1C. The number of hydrogen-bond donors (Lipinski definition) is 4. The third kappa shape index (κ3) is 11.9. The number of benzene rings is 6. The molecule has 0 aromatic heterocycles. The Hall–Kier alpha value is -6.87. The predicted molar refractivity (Wildman–Crippen MR) is 284 cm³/mol. The molecular formula is C60H71N3O6. The van der Waals surface area contributed by atoms with Gasteiger partial charge in [0, 0.05) is 50.1 Å². The van der Waals surface area contributed by atoms with Gasteiger partial charge in [0.2, 0.25) is 0 Å². The van der Waals surface area contributed by atoms with E-state index in [1.165, 1.54) is 19.3 Å². The zero-order valence-electron chi connectivity index (χ0n) is 41.5. The van der Waals surface area contributed by atoms with Gasteiger partial charge in [-0.25, -0.2) is 0 Å². The van der Waals surface area contributed by atoms with E-state index in [-0.39, 0.29) is 17.2 Å². The number of allylic oxidation sites excluding steroid dienone is 1. The largest absolute Gasteiger partial charge is 0.507 e. The van der Waals surface area contributed by atoms with Gasteiger partial charge in [-0.2, -0.15) is 10.2 Å². The molecule has 69 heavy (non-hydrogen) atoms. The lowest BCUT2D eigenvalue weighted by Gasteiger charge is -2.31. The average Bonchev–Trinajstić information content (AvgIpc) is 3.37. The first-order valence-electron chi connectivity index (χ1n) is 25.2. The standard InChI is InChI=1S/C60H71N3O6/c1-7-10-13-22-37-67-55-34-31-49(58(64)41(55)4)44-25-16-18-27-46(44)52-40-53(47-28-19-17-26-45(47)50-32-35-56(42(5)59(50)65)68-38-23-14-11-8-2)62-63(61-52)54-30-21-20-29-48(54)51-33-36-57(43(6)60(51)66)69-39-24-15-12-9-3/h16-21,25-36,40,61,64-66H,7-15,22-24,37-39H2,1-6H3. The van der Waals surface area contributed by atoms with E-state index >= 15 is 0 Å². The zero-order chi connectivity index (χ0) is 48.7. The number of unbranched alkanes of at least 4 members (excludes halogenated alkanes) is 9. The molecule has 6 aromatic carbocycles. The van der Waals surface area contributed by atoms with Gasteiger partial charge in [0.15, 0.2) is 0 Å². The van der Waals surface area contributed by atoms with Crippen molar-refractivity contribution < 1.29 is 29.5 Å². The molecule has 0 bridgehead atoms. The molecule has 0 spiro atoms. The molecule has 6 aromatic rings. The normalized spacial score (nSPS) is 12.3. The minimum atomic E-state index is 0.139. The van der Waals surface area contributed by atoms with Crippen LogP contribution in [0.3, 0.4) is 0 Å². The summed E-state index contributed by atoms with van der Waals surface area (Å²) in [7, 11) is 0. The molecule has 362 valence electrons. The van der Waals surface area contributed by atoms with Gasteiger partial charge in [-0.1, -0.05) is 145 Å². The number of rotatable bonds is 24. The molecule has 7 rings (SSSR count). The predicted octanol–water partition coefficient (Wildman–Crippen LogP) is 15.4. The van der Waals surface area contributed by atoms with Crippen molar-refractivity contribution in [1.82, 2.24) is 5.43 Å². The van der Waals surface area contributed by atoms with Crippen LogP contribution in [0.1, 0.15) is 126 Å². The highest BCUT2D eigenvalue weighted by atomic mass is 16.5. The first-order valence-corrected chi connectivity index (χ1v) is 25.2. The fourth-order valence-corrected chi connectivity index (χ4v) is 8.91. The van der Waals surface area contributed by atoms with Gasteiger partial charge in [0.05, 0.1) is 36.9 Å². The molecule has 1 aliphatic rings. The van der Waals surface area contributed by atoms with Crippen LogP contribution in [0.25, 0.3) is 39.1 Å².